The summed E-state index contributed by atoms with van der Waals surface area (Å²) in [5.74, 6) is -0.356. The zero-order valence-corrected chi connectivity index (χ0v) is 15.0. The normalized spacial score (nSPS) is 13.7. The van der Waals surface area contributed by atoms with Crippen molar-refractivity contribution in [1.82, 2.24) is 0 Å². The van der Waals surface area contributed by atoms with Crippen molar-refractivity contribution in [3.8, 4) is 0 Å². The van der Waals surface area contributed by atoms with Gasteiger partial charge in [-0.15, -0.1) is 0 Å². The summed E-state index contributed by atoms with van der Waals surface area (Å²) in [4.78, 5) is 12.4. The Morgan fingerprint density at radius 2 is 1.83 bits per heavy atom. The summed E-state index contributed by atoms with van der Waals surface area (Å²) in [5, 5.41) is 3.39. The Morgan fingerprint density at radius 3 is 2.46 bits per heavy atom. The summed E-state index contributed by atoms with van der Waals surface area (Å²) in [6.07, 6.45) is 1.73. The Labute approximate surface area is 150 Å². The number of rotatable bonds is 3. The molecule has 0 aliphatic carbocycles. The number of anilines is 2. The number of halogens is 2. The molecule has 3 rings (SSSR count). The molecular formula is C16H14Cl2N2O3S. The van der Waals surface area contributed by atoms with Gasteiger partial charge in [0.05, 0.1) is 27.7 Å². The molecule has 0 atom stereocenters. The van der Waals surface area contributed by atoms with Gasteiger partial charge in [-0.3, -0.25) is 9.10 Å². The van der Waals surface area contributed by atoms with Gasteiger partial charge in [-0.2, -0.15) is 0 Å². The van der Waals surface area contributed by atoms with Crippen LogP contribution >= 0.6 is 23.2 Å². The topological polar surface area (TPSA) is 66.5 Å². The number of nitrogens with zero attached hydrogens (tertiary/aromatic N) is 1. The second kappa shape index (κ2) is 6.27. The molecule has 1 N–H and O–H groups in total. The zero-order valence-electron chi connectivity index (χ0n) is 12.7. The number of hydrogen-bond donors (Lipinski definition) is 1. The molecular weight excluding hydrogens is 371 g/mol. The number of carbonyl (C=O) groups is 1. The molecule has 0 aromatic heterocycles. The quantitative estimate of drug-likeness (QED) is 0.879. The lowest BCUT2D eigenvalue weighted by molar-refractivity contribution is 0.102. The molecule has 0 unspecified atom stereocenters. The molecule has 2 aromatic carbocycles. The zero-order chi connectivity index (χ0) is 17.5. The monoisotopic (exact) mass is 384 g/mol. The fourth-order valence-corrected chi connectivity index (χ4v) is 4.11. The number of para-hydroxylation sites is 1. The van der Waals surface area contributed by atoms with Crippen LogP contribution in [0.5, 0.6) is 0 Å². The first kappa shape index (κ1) is 17.1. The minimum absolute atomic E-state index is 0.347. The standard InChI is InChI=1S/C16H14Cl2N2O3S/c1-24(22,23)20-8-7-10-9-11(5-6-14(10)20)16(21)19-15-12(17)3-2-4-13(15)18/h2-6,9H,7-8H2,1H3,(H,19,21). The van der Waals surface area contributed by atoms with Crippen LogP contribution in [0, 0.1) is 0 Å². The van der Waals surface area contributed by atoms with Gasteiger partial charge in [-0.1, -0.05) is 29.3 Å². The highest BCUT2D eigenvalue weighted by Crippen LogP contribution is 2.32. The van der Waals surface area contributed by atoms with E-state index in [-0.39, 0.29) is 5.91 Å². The lowest BCUT2D eigenvalue weighted by Gasteiger charge is -2.16. The molecule has 1 amide bonds. The van der Waals surface area contributed by atoms with E-state index in [1.54, 1.807) is 36.4 Å². The largest absolute Gasteiger partial charge is 0.319 e. The summed E-state index contributed by atoms with van der Waals surface area (Å²) in [6.45, 7) is 0.385. The van der Waals surface area contributed by atoms with Crippen LogP contribution in [-0.2, 0) is 16.4 Å². The average molecular weight is 385 g/mol. The predicted molar refractivity (Wildman–Crippen MR) is 96.8 cm³/mol. The van der Waals surface area contributed by atoms with Crippen LogP contribution in [0.15, 0.2) is 36.4 Å². The smallest absolute Gasteiger partial charge is 0.255 e. The molecule has 0 spiro atoms. The minimum Gasteiger partial charge on any atom is -0.319 e. The van der Waals surface area contributed by atoms with Gasteiger partial charge in [0.2, 0.25) is 10.0 Å². The van der Waals surface area contributed by atoms with Crippen molar-refractivity contribution in [3.63, 3.8) is 0 Å². The number of carbonyl (C=O) groups excluding carboxylic acids is 1. The van der Waals surface area contributed by atoms with Gasteiger partial charge in [-0.05, 0) is 42.3 Å². The molecule has 8 heteroatoms. The van der Waals surface area contributed by atoms with Crippen LogP contribution in [0.4, 0.5) is 11.4 Å². The van der Waals surface area contributed by atoms with Gasteiger partial charge in [-0.25, -0.2) is 8.42 Å². The van der Waals surface area contributed by atoms with Crippen molar-refractivity contribution in [2.45, 2.75) is 6.42 Å². The molecule has 1 aliphatic heterocycles. The second-order valence-electron chi connectivity index (χ2n) is 5.48. The molecule has 2 aromatic rings. The Hall–Kier alpha value is -1.76. The van der Waals surface area contributed by atoms with Gasteiger partial charge in [0.1, 0.15) is 0 Å². The second-order valence-corrected chi connectivity index (χ2v) is 8.20. The summed E-state index contributed by atoms with van der Waals surface area (Å²) < 4.78 is 24.8. The van der Waals surface area contributed by atoms with Crippen LogP contribution < -0.4 is 9.62 Å². The van der Waals surface area contributed by atoms with Gasteiger partial charge in [0.15, 0.2) is 0 Å². The predicted octanol–water partition coefficient (Wildman–Crippen LogP) is 3.57. The molecule has 5 nitrogen and oxygen atoms in total. The van der Waals surface area contributed by atoms with Crippen LogP contribution in [-0.4, -0.2) is 27.1 Å². The first-order valence-electron chi connectivity index (χ1n) is 7.13. The van der Waals surface area contributed by atoms with E-state index in [2.05, 4.69) is 5.32 Å². The molecule has 0 saturated carbocycles. The lowest BCUT2D eigenvalue weighted by atomic mass is 10.1. The third-order valence-electron chi connectivity index (χ3n) is 3.80. The third-order valence-corrected chi connectivity index (χ3v) is 5.61. The number of fused-ring (bicyclic) bond motifs is 1. The lowest BCUT2D eigenvalue weighted by Crippen LogP contribution is -2.27. The SMILES string of the molecule is CS(=O)(=O)N1CCc2cc(C(=O)Nc3c(Cl)cccc3Cl)ccc21. The van der Waals surface area contributed by atoms with Crippen molar-refractivity contribution in [1.29, 1.82) is 0 Å². The van der Waals surface area contributed by atoms with Crippen LogP contribution in [0.1, 0.15) is 15.9 Å². The Kier molecular flexibility index (Phi) is 4.46. The Balaban J connectivity index is 1.88. The summed E-state index contributed by atoms with van der Waals surface area (Å²) >= 11 is 12.1. The number of sulfonamides is 1. The highest BCUT2D eigenvalue weighted by Gasteiger charge is 2.26. The molecule has 1 aliphatic rings. The van der Waals surface area contributed by atoms with Crippen molar-refractivity contribution in [2.75, 3.05) is 22.4 Å². The fourth-order valence-electron chi connectivity index (χ4n) is 2.66. The number of nitrogens with one attached hydrogen (secondary N) is 1. The molecule has 24 heavy (non-hydrogen) atoms. The van der Waals surface area contributed by atoms with Crippen molar-refractivity contribution < 1.29 is 13.2 Å². The van der Waals surface area contributed by atoms with Gasteiger partial charge >= 0.3 is 0 Å². The van der Waals surface area contributed by atoms with Gasteiger partial charge < -0.3 is 5.32 Å². The number of benzene rings is 2. The first-order valence-corrected chi connectivity index (χ1v) is 9.74. The van der Waals surface area contributed by atoms with E-state index in [1.807, 2.05) is 0 Å². The van der Waals surface area contributed by atoms with Gasteiger partial charge in [0, 0.05) is 12.1 Å². The maximum absolute atomic E-state index is 12.4. The fraction of sp³-hybridized carbons (Fsp3) is 0.188. The van der Waals surface area contributed by atoms with E-state index in [1.165, 1.54) is 10.6 Å². The molecule has 0 saturated heterocycles. The number of hydrogen-bond acceptors (Lipinski definition) is 3. The summed E-state index contributed by atoms with van der Waals surface area (Å²) in [6, 6.07) is 9.89. The van der Waals surface area contributed by atoms with E-state index >= 15 is 0 Å². The van der Waals surface area contributed by atoms with E-state index in [4.69, 9.17) is 23.2 Å². The van der Waals surface area contributed by atoms with Crippen molar-refractivity contribution >= 4 is 50.5 Å². The Bertz CT molecular complexity index is 909. The van der Waals surface area contributed by atoms with Gasteiger partial charge in [0.25, 0.3) is 5.91 Å². The van der Waals surface area contributed by atoms with Crippen molar-refractivity contribution in [3.05, 3.63) is 57.6 Å². The third kappa shape index (κ3) is 3.22. The molecule has 1 heterocycles. The van der Waals surface area contributed by atoms with Crippen LogP contribution in [0.25, 0.3) is 0 Å². The van der Waals surface area contributed by atoms with E-state index < -0.39 is 10.0 Å². The minimum atomic E-state index is -3.31. The summed E-state index contributed by atoms with van der Waals surface area (Å²) in [5.41, 5.74) is 2.20. The maximum Gasteiger partial charge on any atom is 0.255 e. The molecule has 0 bridgehead atoms. The average Bonchev–Trinajstić information content (AvgIpc) is 2.94. The molecule has 0 fully saturated rings. The van der Waals surface area contributed by atoms with E-state index in [0.717, 1.165) is 5.56 Å². The van der Waals surface area contributed by atoms with Crippen LogP contribution in [0.3, 0.4) is 0 Å². The van der Waals surface area contributed by atoms with E-state index in [0.29, 0.717) is 39.9 Å². The number of amides is 1. The van der Waals surface area contributed by atoms with Crippen molar-refractivity contribution in [2.24, 2.45) is 0 Å². The summed E-state index contributed by atoms with van der Waals surface area (Å²) in [7, 11) is -3.31. The highest BCUT2D eigenvalue weighted by molar-refractivity contribution is 7.92. The highest BCUT2D eigenvalue weighted by atomic mass is 35.5. The van der Waals surface area contributed by atoms with Crippen LogP contribution in [0.2, 0.25) is 10.0 Å². The molecule has 0 radical (unpaired) electrons. The first-order chi connectivity index (χ1) is 11.3. The Morgan fingerprint density at radius 1 is 1.17 bits per heavy atom. The van der Waals surface area contributed by atoms with E-state index in [9.17, 15) is 13.2 Å². The molecule has 126 valence electrons. The maximum atomic E-state index is 12.4.